The highest BCUT2D eigenvalue weighted by Crippen LogP contribution is 2.34. The summed E-state index contributed by atoms with van der Waals surface area (Å²) in [6, 6.07) is 16.0. The average Bonchev–Trinajstić information content (AvgIpc) is 3.36. The smallest absolute Gasteiger partial charge is 0.273 e. The Morgan fingerprint density at radius 2 is 1.69 bits per heavy atom. The van der Waals surface area contributed by atoms with Crippen LogP contribution in [0.15, 0.2) is 53.1 Å². The van der Waals surface area contributed by atoms with Gasteiger partial charge in [-0.1, -0.05) is 64.0 Å². The summed E-state index contributed by atoms with van der Waals surface area (Å²) in [5, 5.41) is 7.06. The summed E-state index contributed by atoms with van der Waals surface area (Å²) in [6.45, 7) is 14.2. The van der Waals surface area contributed by atoms with E-state index in [1.807, 2.05) is 18.2 Å². The van der Waals surface area contributed by atoms with Crippen molar-refractivity contribution in [3.8, 4) is 22.8 Å². The summed E-state index contributed by atoms with van der Waals surface area (Å²) in [5.41, 5.74) is 3.59. The highest BCUT2D eigenvalue weighted by molar-refractivity contribution is 5.93. The Morgan fingerprint density at radius 1 is 1.00 bits per heavy atom. The summed E-state index contributed by atoms with van der Waals surface area (Å²) >= 11 is 0. The van der Waals surface area contributed by atoms with E-state index < -0.39 is 0 Å². The van der Waals surface area contributed by atoms with Gasteiger partial charge in [-0.2, -0.15) is 0 Å². The van der Waals surface area contributed by atoms with E-state index in [1.165, 1.54) is 11.1 Å². The maximum atomic E-state index is 12.9. The number of hydrogen-bond acceptors (Lipinski definition) is 6. The van der Waals surface area contributed by atoms with Gasteiger partial charge >= 0.3 is 0 Å². The van der Waals surface area contributed by atoms with Crippen molar-refractivity contribution >= 4 is 5.91 Å². The second kappa shape index (κ2) is 10.5. The quantitative estimate of drug-likeness (QED) is 0.479. The van der Waals surface area contributed by atoms with Crippen molar-refractivity contribution in [2.45, 2.75) is 46.1 Å². The van der Waals surface area contributed by atoms with E-state index in [0.717, 1.165) is 18.7 Å². The van der Waals surface area contributed by atoms with Gasteiger partial charge in [-0.3, -0.25) is 9.69 Å². The third kappa shape index (κ3) is 5.68. The largest absolute Gasteiger partial charge is 0.486 e. The second-order valence-corrected chi connectivity index (χ2v) is 9.75. The minimum atomic E-state index is -0.263. The van der Waals surface area contributed by atoms with Gasteiger partial charge in [0.2, 0.25) is 0 Å². The molecule has 0 fully saturated rings. The van der Waals surface area contributed by atoms with Gasteiger partial charge in [0.25, 0.3) is 5.91 Å². The van der Waals surface area contributed by atoms with Crippen LogP contribution in [0, 0.1) is 0 Å². The van der Waals surface area contributed by atoms with Gasteiger partial charge in [-0.15, -0.1) is 0 Å². The van der Waals surface area contributed by atoms with Gasteiger partial charge in [0.05, 0.1) is 6.04 Å². The monoisotopic (exact) mass is 477 g/mol. The first kappa shape index (κ1) is 24.8. The molecule has 186 valence electrons. The number of nitrogens with one attached hydrogen (secondary N) is 1. The number of aromatic nitrogens is 1. The minimum absolute atomic E-state index is 0.0622. The Balaban J connectivity index is 1.47. The van der Waals surface area contributed by atoms with E-state index in [1.54, 1.807) is 6.07 Å². The number of ether oxygens (including phenoxy) is 2. The molecule has 7 heteroatoms. The molecule has 1 N–H and O–H groups in total. The van der Waals surface area contributed by atoms with Crippen LogP contribution in [0.2, 0.25) is 0 Å². The van der Waals surface area contributed by atoms with E-state index in [2.05, 4.69) is 74.3 Å². The second-order valence-electron chi connectivity index (χ2n) is 9.75. The van der Waals surface area contributed by atoms with Gasteiger partial charge in [0.15, 0.2) is 23.0 Å². The maximum Gasteiger partial charge on any atom is 0.273 e. The topological polar surface area (TPSA) is 76.8 Å². The maximum absolute atomic E-state index is 12.9. The summed E-state index contributed by atoms with van der Waals surface area (Å²) in [6.07, 6.45) is 0. The molecule has 1 amide bonds. The molecule has 2 aromatic carbocycles. The highest BCUT2D eigenvalue weighted by atomic mass is 16.6. The number of amides is 1. The van der Waals surface area contributed by atoms with Crippen molar-refractivity contribution < 1.29 is 18.8 Å². The third-order valence-corrected chi connectivity index (χ3v) is 6.44. The lowest BCUT2D eigenvalue weighted by Crippen LogP contribution is -2.38. The minimum Gasteiger partial charge on any atom is -0.486 e. The van der Waals surface area contributed by atoms with E-state index in [0.29, 0.717) is 37.0 Å². The van der Waals surface area contributed by atoms with Crippen molar-refractivity contribution in [2.75, 3.05) is 32.8 Å². The fraction of sp³-hybridized carbons (Fsp3) is 0.429. The Morgan fingerprint density at radius 3 is 2.34 bits per heavy atom. The van der Waals surface area contributed by atoms with Crippen molar-refractivity contribution in [3.63, 3.8) is 0 Å². The molecule has 2 heterocycles. The fourth-order valence-corrected chi connectivity index (χ4v) is 4.32. The normalized spacial score (nSPS) is 14.1. The zero-order chi connectivity index (χ0) is 25.0. The predicted molar refractivity (Wildman–Crippen MR) is 136 cm³/mol. The van der Waals surface area contributed by atoms with Crippen LogP contribution in [0.5, 0.6) is 11.5 Å². The van der Waals surface area contributed by atoms with Crippen LogP contribution >= 0.6 is 0 Å². The summed E-state index contributed by atoms with van der Waals surface area (Å²) in [4.78, 5) is 15.3. The lowest BCUT2D eigenvalue weighted by atomic mass is 9.86. The lowest BCUT2D eigenvalue weighted by molar-refractivity contribution is 0.0926. The Kier molecular flexibility index (Phi) is 7.45. The van der Waals surface area contributed by atoms with Gasteiger partial charge in [-0.25, -0.2) is 0 Å². The molecular formula is C28H35N3O4. The van der Waals surface area contributed by atoms with Crippen LogP contribution in [0.4, 0.5) is 0 Å². The van der Waals surface area contributed by atoms with Gasteiger partial charge in [0.1, 0.15) is 13.2 Å². The van der Waals surface area contributed by atoms with Crippen LogP contribution < -0.4 is 14.8 Å². The van der Waals surface area contributed by atoms with E-state index >= 15 is 0 Å². The molecule has 0 unspecified atom stereocenters. The molecule has 1 aliphatic rings. The molecule has 0 bridgehead atoms. The van der Waals surface area contributed by atoms with E-state index in [4.69, 9.17) is 14.0 Å². The van der Waals surface area contributed by atoms with Crippen LogP contribution in [0.25, 0.3) is 11.3 Å². The van der Waals surface area contributed by atoms with Crippen molar-refractivity contribution in [1.29, 1.82) is 0 Å². The molecular weight excluding hydrogens is 442 g/mol. The van der Waals surface area contributed by atoms with Crippen molar-refractivity contribution in [2.24, 2.45) is 0 Å². The molecule has 1 aliphatic heterocycles. The van der Waals surface area contributed by atoms with Crippen LogP contribution in [-0.4, -0.2) is 48.8 Å². The number of carbonyl (C=O) groups is 1. The van der Waals surface area contributed by atoms with Gasteiger partial charge < -0.3 is 19.3 Å². The number of benzene rings is 2. The number of likely N-dealkylation sites (N-methyl/N-ethyl adjacent to an activating group) is 1. The first-order valence-electron chi connectivity index (χ1n) is 12.3. The Labute approximate surface area is 207 Å². The van der Waals surface area contributed by atoms with Crippen LogP contribution in [-0.2, 0) is 5.41 Å². The molecule has 7 nitrogen and oxygen atoms in total. The zero-order valence-electron chi connectivity index (χ0n) is 21.3. The summed E-state index contributed by atoms with van der Waals surface area (Å²) in [7, 11) is 0. The van der Waals surface area contributed by atoms with Crippen LogP contribution in [0.3, 0.4) is 0 Å². The van der Waals surface area contributed by atoms with E-state index in [9.17, 15) is 4.79 Å². The Bertz CT molecular complexity index is 1140. The van der Waals surface area contributed by atoms with Gasteiger partial charge in [0, 0.05) is 18.2 Å². The standard InChI is InChI=1S/C28H35N3O4/c1-6-31(7-2)23(19-8-11-21(12-9-19)28(3,4)5)18-29-27(32)22-17-25(35-30-22)20-10-13-24-26(16-20)34-15-14-33-24/h8-13,16-17,23H,6-7,14-15,18H2,1-5H3,(H,29,32)/t23-/m1/s1. The molecule has 0 radical (unpaired) electrons. The van der Waals surface area contributed by atoms with Crippen molar-refractivity contribution in [1.82, 2.24) is 15.4 Å². The molecule has 3 aromatic rings. The number of fused-ring (bicyclic) bond motifs is 1. The summed E-state index contributed by atoms with van der Waals surface area (Å²) < 4.78 is 16.7. The molecule has 0 saturated carbocycles. The zero-order valence-corrected chi connectivity index (χ0v) is 21.3. The molecule has 0 saturated heterocycles. The van der Waals surface area contributed by atoms with E-state index in [-0.39, 0.29) is 23.1 Å². The number of hydrogen-bond donors (Lipinski definition) is 1. The first-order valence-corrected chi connectivity index (χ1v) is 12.3. The SMILES string of the molecule is CCN(CC)[C@H](CNC(=O)c1cc(-c2ccc3c(c2)OCCO3)on1)c1ccc(C(C)(C)C)cc1. The predicted octanol–water partition coefficient (Wildman–Crippen LogP) is 5.22. The number of rotatable bonds is 8. The van der Waals surface area contributed by atoms with Crippen LogP contribution in [0.1, 0.15) is 62.3 Å². The molecule has 0 spiro atoms. The lowest BCUT2D eigenvalue weighted by Gasteiger charge is -2.31. The molecule has 1 atom stereocenters. The number of carbonyl (C=O) groups excluding carboxylic acids is 1. The molecule has 0 aliphatic carbocycles. The fourth-order valence-electron chi connectivity index (χ4n) is 4.32. The molecule has 1 aromatic heterocycles. The third-order valence-electron chi connectivity index (χ3n) is 6.44. The highest BCUT2D eigenvalue weighted by Gasteiger charge is 2.22. The van der Waals surface area contributed by atoms with Crippen molar-refractivity contribution in [3.05, 3.63) is 65.4 Å². The summed E-state index contributed by atoms with van der Waals surface area (Å²) in [5.74, 6) is 1.61. The number of nitrogens with zero attached hydrogens (tertiary/aromatic N) is 2. The first-order chi connectivity index (χ1) is 16.8. The molecule has 35 heavy (non-hydrogen) atoms. The average molecular weight is 478 g/mol. The van der Waals surface area contributed by atoms with Gasteiger partial charge in [-0.05, 0) is 47.8 Å². The molecule has 4 rings (SSSR count). The Hall–Kier alpha value is -3.32.